The van der Waals surface area contributed by atoms with Crippen molar-refractivity contribution in [3.8, 4) is 23.8 Å². The molecule has 0 fully saturated rings. The summed E-state index contributed by atoms with van der Waals surface area (Å²) >= 11 is 0. The van der Waals surface area contributed by atoms with Crippen molar-refractivity contribution in [2.75, 3.05) is 0 Å². The van der Waals surface area contributed by atoms with Crippen LogP contribution in [0.4, 0.5) is 0 Å². The molecule has 4 nitrogen and oxygen atoms in total. The number of pyridine rings is 1. The van der Waals surface area contributed by atoms with Crippen LogP contribution in [0.15, 0.2) is 42.6 Å². The van der Waals surface area contributed by atoms with Crippen LogP contribution < -0.4 is 4.74 Å². The molecule has 0 bridgehead atoms. The lowest BCUT2D eigenvalue weighted by Crippen LogP contribution is -1.88. The summed E-state index contributed by atoms with van der Waals surface area (Å²) in [6, 6.07) is 14.0. The van der Waals surface area contributed by atoms with Gasteiger partial charge in [0, 0.05) is 12.3 Å². The summed E-state index contributed by atoms with van der Waals surface area (Å²) < 4.78 is 5.45. The summed E-state index contributed by atoms with van der Waals surface area (Å²) in [6.45, 7) is 0. The second-order valence-corrected chi connectivity index (χ2v) is 3.24. The van der Waals surface area contributed by atoms with Gasteiger partial charge in [-0.05, 0) is 24.3 Å². The fourth-order valence-corrected chi connectivity index (χ4v) is 1.26. The third-order valence-corrected chi connectivity index (χ3v) is 2.05. The molecule has 17 heavy (non-hydrogen) atoms. The minimum absolute atomic E-state index is 0.388. The quantitative estimate of drug-likeness (QED) is 0.781. The average molecular weight is 221 g/mol. The first kappa shape index (κ1) is 10.7. The minimum Gasteiger partial charge on any atom is -0.439 e. The van der Waals surface area contributed by atoms with Gasteiger partial charge in [-0.1, -0.05) is 6.07 Å². The van der Waals surface area contributed by atoms with E-state index in [1.54, 1.807) is 36.4 Å². The molecule has 0 amide bonds. The lowest BCUT2D eigenvalue weighted by molar-refractivity contribution is 0.463. The number of benzene rings is 1. The normalized spacial score (nSPS) is 9.06. The first-order valence-corrected chi connectivity index (χ1v) is 4.86. The van der Waals surface area contributed by atoms with Gasteiger partial charge in [-0.15, -0.1) is 0 Å². The van der Waals surface area contributed by atoms with E-state index in [1.807, 2.05) is 12.1 Å². The predicted molar refractivity (Wildman–Crippen MR) is 60.2 cm³/mol. The molecule has 0 radical (unpaired) electrons. The maximum atomic E-state index is 8.74. The molecule has 2 rings (SSSR count). The molecule has 0 N–H and O–H groups in total. The summed E-state index contributed by atoms with van der Waals surface area (Å²) in [6.07, 6.45) is 1.43. The molecule has 4 heteroatoms. The Morgan fingerprint density at radius 3 is 2.47 bits per heavy atom. The van der Waals surface area contributed by atoms with E-state index in [0.29, 0.717) is 22.8 Å². The van der Waals surface area contributed by atoms with Gasteiger partial charge in [-0.25, -0.2) is 4.98 Å². The zero-order chi connectivity index (χ0) is 12.1. The smallest absolute Gasteiger partial charge is 0.219 e. The van der Waals surface area contributed by atoms with Crippen LogP contribution in [0.3, 0.4) is 0 Å². The van der Waals surface area contributed by atoms with Gasteiger partial charge in [0.25, 0.3) is 0 Å². The lowest BCUT2D eigenvalue weighted by Gasteiger charge is -2.04. The van der Waals surface area contributed by atoms with Gasteiger partial charge in [0.2, 0.25) is 5.88 Å². The van der Waals surface area contributed by atoms with Crippen molar-refractivity contribution in [1.29, 1.82) is 10.5 Å². The number of nitrogens with zero attached hydrogens (tertiary/aromatic N) is 3. The Morgan fingerprint density at radius 2 is 1.82 bits per heavy atom. The van der Waals surface area contributed by atoms with Gasteiger partial charge in [-0.2, -0.15) is 10.5 Å². The highest BCUT2D eigenvalue weighted by Gasteiger charge is 2.00. The molecule has 0 aliphatic carbocycles. The first-order valence-electron chi connectivity index (χ1n) is 4.86. The van der Waals surface area contributed by atoms with Crippen molar-refractivity contribution in [1.82, 2.24) is 4.98 Å². The lowest BCUT2D eigenvalue weighted by atomic mass is 10.2. The largest absolute Gasteiger partial charge is 0.439 e. The van der Waals surface area contributed by atoms with Crippen molar-refractivity contribution in [3.63, 3.8) is 0 Å². The van der Waals surface area contributed by atoms with Gasteiger partial charge >= 0.3 is 0 Å². The van der Waals surface area contributed by atoms with E-state index >= 15 is 0 Å². The van der Waals surface area contributed by atoms with Crippen molar-refractivity contribution < 1.29 is 4.74 Å². The molecule has 0 atom stereocenters. The molecule has 1 aromatic carbocycles. The van der Waals surface area contributed by atoms with E-state index in [9.17, 15) is 0 Å². The second kappa shape index (κ2) is 4.78. The molecule has 1 aromatic heterocycles. The zero-order valence-electron chi connectivity index (χ0n) is 8.79. The average Bonchev–Trinajstić information content (AvgIpc) is 2.40. The Labute approximate surface area is 98.3 Å². The topological polar surface area (TPSA) is 69.7 Å². The molecular formula is C13H7N3O. The summed E-state index contributed by atoms with van der Waals surface area (Å²) in [5.41, 5.74) is 0.999. The van der Waals surface area contributed by atoms with Gasteiger partial charge in [0.1, 0.15) is 11.8 Å². The Morgan fingerprint density at radius 1 is 1.00 bits per heavy atom. The standard InChI is InChI=1S/C13H7N3O/c14-7-10-2-1-3-12(6-10)17-13-5-4-11(8-15)9-16-13/h1-6,9H. The SMILES string of the molecule is N#Cc1ccc(Oc2cccc(C#N)c2)nc1. The number of hydrogen-bond donors (Lipinski definition) is 0. The molecule has 0 unspecified atom stereocenters. The van der Waals surface area contributed by atoms with E-state index in [0.717, 1.165) is 0 Å². The molecule has 0 spiro atoms. The Hall–Kier alpha value is -2.85. The van der Waals surface area contributed by atoms with Crippen LogP contribution in [0, 0.1) is 22.7 Å². The third kappa shape index (κ3) is 2.58. The molecule has 2 aromatic rings. The Balaban J connectivity index is 2.20. The monoisotopic (exact) mass is 221 g/mol. The Kier molecular flexibility index (Phi) is 3.00. The van der Waals surface area contributed by atoms with Gasteiger partial charge in [0.15, 0.2) is 0 Å². The first-order chi connectivity index (χ1) is 8.31. The zero-order valence-corrected chi connectivity index (χ0v) is 8.79. The van der Waals surface area contributed by atoms with Crippen molar-refractivity contribution >= 4 is 0 Å². The Bertz CT molecular complexity index is 606. The fourth-order valence-electron chi connectivity index (χ4n) is 1.26. The predicted octanol–water partition coefficient (Wildman–Crippen LogP) is 2.62. The molecule has 0 saturated carbocycles. The fraction of sp³-hybridized carbons (Fsp3) is 0. The minimum atomic E-state index is 0.388. The summed E-state index contributed by atoms with van der Waals surface area (Å²) in [5.74, 6) is 0.931. The van der Waals surface area contributed by atoms with Crippen LogP contribution in [-0.4, -0.2) is 4.98 Å². The van der Waals surface area contributed by atoms with Crippen LogP contribution in [-0.2, 0) is 0 Å². The van der Waals surface area contributed by atoms with Crippen LogP contribution in [0.2, 0.25) is 0 Å². The summed E-state index contributed by atoms with van der Waals surface area (Å²) in [7, 11) is 0. The molecule has 1 heterocycles. The van der Waals surface area contributed by atoms with E-state index in [1.165, 1.54) is 6.20 Å². The van der Waals surface area contributed by atoms with Gasteiger partial charge in [0.05, 0.1) is 17.2 Å². The van der Waals surface area contributed by atoms with E-state index in [4.69, 9.17) is 15.3 Å². The third-order valence-electron chi connectivity index (χ3n) is 2.05. The molecule has 0 aliphatic heterocycles. The van der Waals surface area contributed by atoms with Gasteiger partial charge < -0.3 is 4.74 Å². The number of nitriles is 2. The highest BCUT2D eigenvalue weighted by molar-refractivity contribution is 5.38. The maximum absolute atomic E-state index is 8.74. The maximum Gasteiger partial charge on any atom is 0.219 e. The highest BCUT2D eigenvalue weighted by Crippen LogP contribution is 2.20. The van der Waals surface area contributed by atoms with E-state index < -0.39 is 0 Å². The van der Waals surface area contributed by atoms with Crippen molar-refractivity contribution in [2.24, 2.45) is 0 Å². The number of ether oxygens (including phenoxy) is 1. The van der Waals surface area contributed by atoms with Crippen LogP contribution >= 0.6 is 0 Å². The van der Waals surface area contributed by atoms with Crippen LogP contribution in [0.1, 0.15) is 11.1 Å². The van der Waals surface area contributed by atoms with Gasteiger partial charge in [-0.3, -0.25) is 0 Å². The van der Waals surface area contributed by atoms with E-state index in [2.05, 4.69) is 4.98 Å². The van der Waals surface area contributed by atoms with Crippen LogP contribution in [0.5, 0.6) is 11.6 Å². The number of hydrogen-bond acceptors (Lipinski definition) is 4. The summed E-state index contributed by atoms with van der Waals surface area (Å²) in [5, 5.41) is 17.4. The summed E-state index contributed by atoms with van der Waals surface area (Å²) in [4.78, 5) is 3.97. The van der Waals surface area contributed by atoms with Crippen LogP contribution in [0.25, 0.3) is 0 Å². The molecule has 0 aliphatic rings. The van der Waals surface area contributed by atoms with E-state index in [-0.39, 0.29) is 0 Å². The molecule has 80 valence electrons. The van der Waals surface area contributed by atoms with Crippen molar-refractivity contribution in [3.05, 3.63) is 53.7 Å². The molecule has 0 saturated heterocycles. The number of aromatic nitrogens is 1. The number of rotatable bonds is 2. The second-order valence-electron chi connectivity index (χ2n) is 3.24. The highest BCUT2D eigenvalue weighted by atomic mass is 16.5. The van der Waals surface area contributed by atoms with Crippen molar-refractivity contribution in [2.45, 2.75) is 0 Å². The molecular weight excluding hydrogens is 214 g/mol.